The molecule has 9 heteroatoms. The number of methoxy groups -OCH3 is 2. The Bertz CT molecular complexity index is 1010. The molecule has 4 rings (SSSR count). The summed E-state index contributed by atoms with van der Waals surface area (Å²) in [6, 6.07) is 11.7. The molecule has 2 aromatic carbocycles. The summed E-state index contributed by atoms with van der Waals surface area (Å²) in [5.74, 6) is 0.231. The average Bonchev–Trinajstić information content (AvgIpc) is 2.74. The van der Waals surface area contributed by atoms with Crippen molar-refractivity contribution in [1.82, 2.24) is 15.3 Å². The van der Waals surface area contributed by atoms with Crippen LogP contribution in [0.2, 0.25) is 0 Å². The summed E-state index contributed by atoms with van der Waals surface area (Å²) in [6.07, 6.45) is 0. The van der Waals surface area contributed by atoms with E-state index in [1.54, 1.807) is 6.07 Å². The molecule has 0 spiro atoms. The van der Waals surface area contributed by atoms with Crippen molar-refractivity contribution in [2.24, 2.45) is 0 Å². The van der Waals surface area contributed by atoms with Crippen molar-refractivity contribution in [3.63, 3.8) is 0 Å². The molecule has 3 aromatic rings. The zero-order valence-electron chi connectivity index (χ0n) is 16.2. The molecule has 29 heavy (non-hydrogen) atoms. The largest absolute Gasteiger partial charge is 0.493 e. The number of halogens is 2. The Morgan fingerprint density at radius 2 is 1.93 bits per heavy atom. The molecular weight excluding hydrogens is 397 g/mol. The molecule has 1 saturated heterocycles. The predicted octanol–water partition coefficient (Wildman–Crippen LogP) is 2.94. The fourth-order valence-corrected chi connectivity index (χ4v) is 3.58. The number of nitrogens with one attached hydrogen (secondary N) is 1. The summed E-state index contributed by atoms with van der Waals surface area (Å²) in [6.45, 7) is 2.19. The molecule has 2 heterocycles. The van der Waals surface area contributed by atoms with E-state index >= 15 is 4.39 Å². The Morgan fingerprint density at radius 3 is 2.62 bits per heavy atom. The molecule has 7 nitrogen and oxygen atoms in total. The van der Waals surface area contributed by atoms with Crippen LogP contribution in [0.3, 0.4) is 0 Å². The first kappa shape index (κ1) is 20.9. The number of ether oxygens (including phenoxy) is 2. The van der Waals surface area contributed by atoms with Crippen LogP contribution in [0, 0.1) is 5.82 Å². The second-order valence-electron chi connectivity index (χ2n) is 6.56. The van der Waals surface area contributed by atoms with Crippen molar-refractivity contribution >= 4 is 35.1 Å². The number of anilines is 2. The predicted molar refractivity (Wildman–Crippen MR) is 114 cm³/mol. The summed E-state index contributed by atoms with van der Waals surface area (Å²) in [4.78, 5) is 11.0. The molecule has 154 valence electrons. The Hall–Kier alpha value is -2.84. The molecular formula is C20H23ClFN5O2. The van der Waals surface area contributed by atoms with Gasteiger partial charge in [-0.05, 0) is 11.6 Å². The SMILES string of the molecule is COc1cc2c(N)nc(N3CCNCC3c3ccccc3)nc2c(F)c1OC.Cl. The van der Waals surface area contributed by atoms with E-state index in [0.717, 1.165) is 18.7 Å². The highest BCUT2D eigenvalue weighted by molar-refractivity contribution is 5.92. The summed E-state index contributed by atoms with van der Waals surface area (Å²) >= 11 is 0. The van der Waals surface area contributed by atoms with E-state index in [1.165, 1.54) is 14.2 Å². The first-order valence-corrected chi connectivity index (χ1v) is 9.04. The van der Waals surface area contributed by atoms with Gasteiger partial charge in [0.05, 0.1) is 20.3 Å². The van der Waals surface area contributed by atoms with Crippen LogP contribution in [0.25, 0.3) is 10.9 Å². The monoisotopic (exact) mass is 419 g/mol. The molecule has 0 aliphatic carbocycles. The lowest BCUT2D eigenvalue weighted by Crippen LogP contribution is -2.46. The Labute approximate surface area is 174 Å². The molecule has 1 aliphatic heterocycles. The van der Waals surface area contributed by atoms with Crippen molar-refractivity contribution in [2.45, 2.75) is 6.04 Å². The van der Waals surface area contributed by atoms with Gasteiger partial charge in [0.1, 0.15) is 11.3 Å². The third-order valence-corrected chi connectivity index (χ3v) is 4.98. The molecule has 0 bridgehead atoms. The fourth-order valence-electron chi connectivity index (χ4n) is 3.58. The maximum Gasteiger partial charge on any atom is 0.228 e. The molecule has 1 aliphatic rings. The Morgan fingerprint density at radius 1 is 1.17 bits per heavy atom. The number of nitrogens with zero attached hydrogens (tertiary/aromatic N) is 3. The molecule has 1 aromatic heterocycles. The number of benzene rings is 2. The van der Waals surface area contributed by atoms with Crippen LogP contribution in [0.4, 0.5) is 16.2 Å². The average molecular weight is 420 g/mol. The van der Waals surface area contributed by atoms with Gasteiger partial charge in [0, 0.05) is 25.0 Å². The number of hydrogen-bond donors (Lipinski definition) is 2. The molecule has 1 atom stereocenters. The van der Waals surface area contributed by atoms with Gasteiger partial charge in [0.25, 0.3) is 0 Å². The van der Waals surface area contributed by atoms with Crippen LogP contribution in [-0.4, -0.2) is 43.8 Å². The number of hydrogen-bond acceptors (Lipinski definition) is 7. The van der Waals surface area contributed by atoms with E-state index in [-0.39, 0.29) is 41.3 Å². The zero-order chi connectivity index (χ0) is 19.7. The Balaban J connectivity index is 0.00000240. The Kier molecular flexibility index (Phi) is 6.24. The summed E-state index contributed by atoms with van der Waals surface area (Å²) in [7, 11) is 2.83. The molecule has 0 amide bonds. The number of nitrogens with two attached hydrogens (primary N) is 1. The van der Waals surface area contributed by atoms with Crippen LogP contribution in [0.1, 0.15) is 11.6 Å². The van der Waals surface area contributed by atoms with Crippen LogP contribution >= 0.6 is 12.4 Å². The topological polar surface area (TPSA) is 85.5 Å². The van der Waals surface area contributed by atoms with E-state index in [2.05, 4.69) is 32.3 Å². The second-order valence-corrected chi connectivity index (χ2v) is 6.56. The van der Waals surface area contributed by atoms with Crippen LogP contribution in [0.5, 0.6) is 11.5 Å². The van der Waals surface area contributed by atoms with Gasteiger partial charge in [-0.25, -0.2) is 9.37 Å². The van der Waals surface area contributed by atoms with Crippen molar-refractivity contribution in [2.75, 3.05) is 44.5 Å². The quantitative estimate of drug-likeness (QED) is 0.672. The van der Waals surface area contributed by atoms with E-state index in [1.807, 2.05) is 18.2 Å². The first-order valence-electron chi connectivity index (χ1n) is 9.04. The first-order chi connectivity index (χ1) is 13.6. The molecule has 0 radical (unpaired) electrons. The molecule has 0 saturated carbocycles. The highest BCUT2D eigenvalue weighted by atomic mass is 35.5. The van der Waals surface area contributed by atoms with Gasteiger partial charge in [0.2, 0.25) is 5.95 Å². The fraction of sp³-hybridized carbons (Fsp3) is 0.300. The van der Waals surface area contributed by atoms with Crippen LogP contribution < -0.4 is 25.4 Å². The van der Waals surface area contributed by atoms with Crippen molar-refractivity contribution < 1.29 is 13.9 Å². The van der Waals surface area contributed by atoms with E-state index < -0.39 is 5.82 Å². The summed E-state index contributed by atoms with van der Waals surface area (Å²) < 4.78 is 25.5. The number of fused-ring (bicyclic) bond motifs is 1. The second kappa shape index (κ2) is 8.67. The van der Waals surface area contributed by atoms with Gasteiger partial charge < -0.3 is 25.4 Å². The van der Waals surface area contributed by atoms with Gasteiger partial charge in [-0.1, -0.05) is 30.3 Å². The van der Waals surface area contributed by atoms with E-state index in [4.69, 9.17) is 15.2 Å². The minimum absolute atomic E-state index is 0. The third-order valence-electron chi connectivity index (χ3n) is 4.98. The highest BCUT2D eigenvalue weighted by Crippen LogP contribution is 2.38. The number of rotatable bonds is 4. The summed E-state index contributed by atoms with van der Waals surface area (Å²) in [5, 5.41) is 3.78. The van der Waals surface area contributed by atoms with E-state index in [0.29, 0.717) is 17.9 Å². The normalized spacial score (nSPS) is 16.4. The minimum Gasteiger partial charge on any atom is -0.493 e. The maximum atomic E-state index is 15.1. The van der Waals surface area contributed by atoms with Crippen molar-refractivity contribution in [1.29, 1.82) is 0 Å². The molecule has 3 N–H and O–H groups in total. The zero-order valence-corrected chi connectivity index (χ0v) is 17.0. The lowest BCUT2D eigenvalue weighted by Gasteiger charge is -2.36. The van der Waals surface area contributed by atoms with Gasteiger partial charge in [-0.3, -0.25) is 0 Å². The van der Waals surface area contributed by atoms with Crippen LogP contribution in [-0.2, 0) is 0 Å². The number of aromatic nitrogens is 2. The number of piperazine rings is 1. The lowest BCUT2D eigenvalue weighted by atomic mass is 10.0. The van der Waals surface area contributed by atoms with Gasteiger partial charge in [-0.15, -0.1) is 12.4 Å². The van der Waals surface area contributed by atoms with Gasteiger partial charge in [-0.2, -0.15) is 4.98 Å². The van der Waals surface area contributed by atoms with E-state index in [9.17, 15) is 0 Å². The summed E-state index contributed by atoms with van der Waals surface area (Å²) in [5.41, 5.74) is 7.42. The maximum absolute atomic E-state index is 15.1. The lowest BCUT2D eigenvalue weighted by molar-refractivity contribution is 0.339. The molecule has 1 fully saturated rings. The highest BCUT2D eigenvalue weighted by Gasteiger charge is 2.28. The smallest absolute Gasteiger partial charge is 0.228 e. The minimum atomic E-state index is -0.612. The van der Waals surface area contributed by atoms with Crippen LogP contribution in [0.15, 0.2) is 36.4 Å². The van der Waals surface area contributed by atoms with Gasteiger partial charge in [0.15, 0.2) is 17.3 Å². The van der Waals surface area contributed by atoms with Gasteiger partial charge >= 0.3 is 0 Å². The number of nitrogen functional groups attached to an aromatic ring is 1. The molecule has 1 unspecified atom stereocenters. The standard InChI is InChI=1S/C20H22FN5O2.ClH/c1-27-15-10-13-17(16(21)18(15)28-2)24-20(25-19(13)22)26-9-8-23-11-14(26)12-6-4-3-5-7-12;/h3-7,10,14,23H,8-9,11H2,1-2H3,(H2,22,24,25);1H. The van der Waals surface area contributed by atoms with Crippen molar-refractivity contribution in [3.05, 3.63) is 47.8 Å². The van der Waals surface area contributed by atoms with Crippen molar-refractivity contribution in [3.8, 4) is 11.5 Å². The third kappa shape index (κ3) is 3.73.